The highest BCUT2D eigenvalue weighted by molar-refractivity contribution is 6.37. The van der Waals surface area contributed by atoms with E-state index < -0.39 is 0 Å². The minimum Gasteiger partial charge on any atom is -0.491 e. The van der Waals surface area contributed by atoms with Gasteiger partial charge in [-0.1, -0.05) is 23.2 Å². The molecule has 0 saturated heterocycles. The summed E-state index contributed by atoms with van der Waals surface area (Å²) in [6, 6.07) is 3.20. The number of halogens is 2. The standard InChI is InChI=1S/C13H12Cl2N4O2/c1-2-21-12-8(14)3-7(4-9(12)15)10-5-11(20)18-13-16-6-17-19(10)13/h3-4,6,10H,2,5H2,1H3,(H,16,17,18,20)/t10-/m1/s1. The molecule has 0 saturated carbocycles. The average Bonchev–Trinajstić information content (AvgIpc) is 2.89. The number of amides is 1. The lowest BCUT2D eigenvalue weighted by molar-refractivity contribution is -0.117. The van der Waals surface area contributed by atoms with Gasteiger partial charge in [0.25, 0.3) is 0 Å². The third-order valence-electron chi connectivity index (χ3n) is 3.19. The summed E-state index contributed by atoms with van der Waals surface area (Å²) in [5.41, 5.74) is 0.787. The summed E-state index contributed by atoms with van der Waals surface area (Å²) >= 11 is 12.4. The van der Waals surface area contributed by atoms with Crippen LogP contribution in [0.4, 0.5) is 5.95 Å². The fraction of sp³-hybridized carbons (Fsp3) is 0.308. The third-order valence-corrected chi connectivity index (χ3v) is 3.75. The first-order valence-electron chi connectivity index (χ1n) is 6.41. The van der Waals surface area contributed by atoms with Gasteiger partial charge in [0.15, 0.2) is 5.75 Å². The van der Waals surface area contributed by atoms with Gasteiger partial charge in [-0.05, 0) is 24.6 Å². The van der Waals surface area contributed by atoms with E-state index in [0.29, 0.717) is 28.3 Å². The molecule has 2 heterocycles. The van der Waals surface area contributed by atoms with Crippen LogP contribution in [0.5, 0.6) is 5.75 Å². The first kappa shape index (κ1) is 14.2. The molecule has 0 unspecified atom stereocenters. The SMILES string of the molecule is CCOc1c(Cl)cc([C@H]2CC(=O)Nc3ncnn32)cc1Cl. The quantitative estimate of drug-likeness (QED) is 0.941. The highest BCUT2D eigenvalue weighted by Crippen LogP contribution is 2.38. The van der Waals surface area contributed by atoms with Crippen molar-refractivity contribution in [2.24, 2.45) is 0 Å². The molecule has 0 spiro atoms. The number of nitrogens with one attached hydrogen (secondary N) is 1. The highest BCUT2D eigenvalue weighted by atomic mass is 35.5. The molecule has 2 aromatic rings. The largest absolute Gasteiger partial charge is 0.491 e. The summed E-state index contributed by atoms with van der Waals surface area (Å²) in [5.74, 6) is 0.739. The smallest absolute Gasteiger partial charge is 0.229 e. The maximum atomic E-state index is 11.8. The van der Waals surface area contributed by atoms with E-state index in [1.807, 2.05) is 6.92 Å². The molecular weight excluding hydrogens is 315 g/mol. The van der Waals surface area contributed by atoms with Crippen molar-refractivity contribution >= 4 is 35.1 Å². The number of fused-ring (bicyclic) bond motifs is 1. The van der Waals surface area contributed by atoms with Gasteiger partial charge in [-0.3, -0.25) is 10.1 Å². The van der Waals surface area contributed by atoms with Crippen molar-refractivity contribution in [2.45, 2.75) is 19.4 Å². The Morgan fingerprint density at radius 1 is 1.43 bits per heavy atom. The fourth-order valence-corrected chi connectivity index (χ4v) is 2.93. The van der Waals surface area contributed by atoms with Crippen molar-refractivity contribution in [3.05, 3.63) is 34.1 Å². The number of hydrogen-bond acceptors (Lipinski definition) is 4. The van der Waals surface area contributed by atoms with Crippen LogP contribution in [-0.2, 0) is 4.79 Å². The van der Waals surface area contributed by atoms with Gasteiger partial charge in [0.2, 0.25) is 11.9 Å². The fourth-order valence-electron chi connectivity index (χ4n) is 2.32. The maximum Gasteiger partial charge on any atom is 0.229 e. The Bertz CT molecular complexity index is 678. The van der Waals surface area contributed by atoms with E-state index in [4.69, 9.17) is 27.9 Å². The van der Waals surface area contributed by atoms with E-state index in [-0.39, 0.29) is 18.4 Å². The number of aromatic nitrogens is 3. The zero-order chi connectivity index (χ0) is 15.0. The molecule has 1 aromatic carbocycles. The van der Waals surface area contributed by atoms with Crippen LogP contribution in [0.1, 0.15) is 24.9 Å². The molecule has 21 heavy (non-hydrogen) atoms. The molecule has 0 fully saturated rings. The summed E-state index contributed by atoms with van der Waals surface area (Å²) in [7, 11) is 0. The van der Waals surface area contributed by atoms with Gasteiger partial charge >= 0.3 is 0 Å². The number of nitrogens with zero attached hydrogens (tertiary/aromatic N) is 3. The topological polar surface area (TPSA) is 69.0 Å². The van der Waals surface area contributed by atoms with Crippen LogP contribution in [0, 0.1) is 0 Å². The Morgan fingerprint density at radius 3 is 2.81 bits per heavy atom. The zero-order valence-electron chi connectivity index (χ0n) is 11.1. The lowest BCUT2D eigenvalue weighted by Crippen LogP contribution is -2.29. The number of carbonyl (C=O) groups is 1. The lowest BCUT2D eigenvalue weighted by atomic mass is 10.0. The Morgan fingerprint density at radius 2 is 2.14 bits per heavy atom. The third kappa shape index (κ3) is 2.56. The number of benzene rings is 1. The van der Waals surface area contributed by atoms with E-state index >= 15 is 0 Å². The Labute approximate surface area is 131 Å². The molecule has 0 aliphatic carbocycles. The molecule has 0 radical (unpaired) electrons. The molecule has 8 heteroatoms. The van der Waals surface area contributed by atoms with Gasteiger partial charge in [-0.25, -0.2) is 4.68 Å². The van der Waals surface area contributed by atoms with E-state index in [1.165, 1.54) is 6.33 Å². The molecule has 1 N–H and O–H groups in total. The average molecular weight is 327 g/mol. The molecule has 1 aliphatic heterocycles. The second kappa shape index (κ2) is 5.54. The molecule has 1 aliphatic rings. The Kier molecular flexibility index (Phi) is 3.73. The zero-order valence-corrected chi connectivity index (χ0v) is 12.6. The van der Waals surface area contributed by atoms with Crippen LogP contribution in [0.25, 0.3) is 0 Å². The normalized spacial score (nSPS) is 17.3. The van der Waals surface area contributed by atoms with Crippen molar-refractivity contribution in [1.82, 2.24) is 14.8 Å². The van der Waals surface area contributed by atoms with Crippen LogP contribution in [-0.4, -0.2) is 27.3 Å². The second-order valence-electron chi connectivity index (χ2n) is 4.54. The Hall–Kier alpha value is -1.79. The van der Waals surface area contributed by atoms with Crippen molar-refractivity contribution in [3.8, 4) is 5.75 Å². The molecule has 1 atom stereocenters. The van der Waals surface area contributed by atoms with E-state index in [2.05, 4.69) is 15.4 Å². The van der Waals surface area contributed by atoms with Gasteiger partial charge in [0.05, 0.1) is 29.1 Å². The highest BCUT2D eigenvalue weighted by Gasteiger charge is 2.28. The molecule has 1 amide bonds. The molecular formula is C13H12Cl2N4O2. The van der Waals surface area contributed by atoms with Gasteiger partial charge in [0, 0.05) is 0 Å². The Balaban J connectivity index is 2.04. The van der Waals surface area contributed by atoms with E-state index in [0.717, 1.165) is 5.56 Å². The number of ether oxygens (including phenoxy) is 1. The predicted octanol–water partition coefficient (Wildman–Crippen LogP) is 2.92. The maximum absolute atomic E-state index is 11.8. The molecule has 0 bridgehead atoms. The number of rotatable bonds is 3. The van der Waals surface area contributed by atoms with Crippen molar-refractivity contribution in [1.29, 1.82) is 0 Å². The number of hydrogen-bond donors (Lipinski definition) is 1. The summed E-state index contributed by atoms with van der Waals surface area (Å²) in [5, 5.41) is 7.62. The summed E-state index contributed by atoms with van der Waals surface area (Å²) in [6.45, 7) is 2.32. The molecule has 6 nitrogen and oxygen atoms in total. The molecule has 3 rings (SSSR count). The summed E-state index contributed by atoms with van der Waals surface area (Å²) < 4.78 is 7.05. The van der Waals surface area contributed by atoms with Crippen LogP contribution >= 0.6 is 23.2 Å². The lowest BCUT2D eigenvalue weighted by Gasteiger charge is -2.24. The van der Waals surface area contributed by atoms with Crippen LogP contribution < -0.4 is 10.1 Å². The second-order valence-corrected chi connectivity index (χ2v) is 5.36. The predicted molar refractivity (Wildman–Crippen MR) is 79.0 cm³/mol. The minimum absolute atomic E-state index is 0.123. The van der Waals surface area contributed by atoms with Gasteiger partial charge in [-0.2, -0.15) is 10.1 Å². The van der Waals surface area contributed by atoms with Gasteiger partial charge in [0.1, 0.15) is 6.33 Å². The van der Waals surface area contributed by atoms with Crippen molar-refractivity contribution < 1.29 is 9.53 Å². The van der Waals surface area contributed by atoms with Crippen LogP contribution in [0.3, 0.4) is 0 Å². The van der Waals surface area contributed by atoms with Crippen LogP contribution in [0.2, 0.25) is 10.0 Å². The first-order valence-corrected chi connectivity index (χ1v) is 7.16. The minimum atomic E-state index is -0.290. The van der Waals surface area contributed by atoms with Gasteiger partial charge < -0.3 is 4.74 Å². The number of carbonyl (C=O) groups excluding carboxylic acids is 1. The summed E-state index contributed by atoms with van der Waals surface area (Å²) in [6.07, 6.45) is 1.64. The first-order chi connectivity index (χ1) is 10.1. The molecule has 110 valence electrons. The monoisotopic (exact) mass is 326 g/mol. The number of anilines is 1. The summed E-state index contributed by atoms with van der Waals surface area (Å²) in [4.78, 5) is 15.8. The van der Waals surface area contributed by atoms with Crippen LogP contribution in [0.15, 0.2) is 18.5 Å². The van der Waals surface area contributed by atoms with Crippen molar-refractivity contribution in [2.75, 3.05) is 11.9 Å². The van der Waals surface area contributed by atoms with Gasteiger partial charge in [-0.15, -0.1) is 0 Å². The van der Waals surface area contributed by atoms with Crippen molar-refractivity contribution in [3.63, 3.8) is 0 Å². The van der Waals surface area contributed by atoms with E-state index in [1.54, 1.807) is 16.8 Å². The molecule has 1 aromatic heterocycles. The van der Waals surface area contributed by atoms with E-state index in [9.17, 15) is 4.79 Å².